The van der Waals surface area contributed by atoms with Crippen LogP contribution in [0.3, 0.4) is 0 Å². The molecule has 0 bridgehead atoms. The largest absolute Gasteiger partial charge is 0.463 e. The lowest BCUT2D eigenvalue weighted by molar-refractivity contribution is 0.615. The van der Waals surface area contributed by atoms with Crippen molar-refractivity contribution in [2.45, 2.75) is 13.3 Å². The van der Waals surface area contributed by atoms with Crippen LogP contribution in [-0.4, -0.2) is 4.98 Å². The topological polar surface area (TPSA) is 26.0 Å². The molecule has 0 saturated carbocycles. The van der Waals surface area contributed by atoms with E-state index in [2.05, 4.69) is 11.9 Å². The lowest BCUT2D eigenvalue weighted by atomic mass is 10.2. The molecule has 0 amide bonds. The second-order valence-electron chi connectivity index (χ2n) is 2.50. The summed E-state index contributed by atoms with van der Waals surface area (Å²) in [5.74, 6) is 0. The lowest BCUT2D eigenvalue weighted by Gasteiger charge is -1.92. The predicted molar refractivity (Wildman–Crippen MR) is 43.4 cm³/mol. The normalized spacial score (nSPS) is 10.6. The number of nitrogens with zero attached hydrogens (tertiary/aromatic N) is 1. The van der Waals surface area contributed by atoms with Gasteiger partial charge in [-0.05, 0) is 18.1 Å². The summed E-state index contributed by atoms with van der Waals surface area (Å²) >= 11 is 0. The van der Waals surface area contributed by atoms with Crippen LogP contribution in [0.25, 0.3) is 11.1 Å². The van der Waals surface area contributed by atoms with Gasteiger partial charge in [0.1, 0.15) is 5.52 Å². The maximum atomic E-state index is 5.20. The SMILES string of the molecule is CCc1cnc2ccoc2c1. The summed E-state index contributed by atoms with van der Waals surface area (Å²) in [6, 6.07) is 3.90. The van der Waals surface area contributed by atoms with Crippen molar-refractivity contribution >= 4 is 11.1 Å². The van der Waals surface area contributed by atoms with E-state index in [1.807, 2.05) is 18.3 Å². The second-order valence-corrected chi connectivity index (χ2v) is 2.50. The highest BCUT2D eigenvalue weighted by Crippen LogP contribution is 2.13. The van der Waals surface area contributed by atoms with Gasteiger partial charge in [0.05, 0.1) is 6.26 Å². The third-order valence-corrected chi connectivity index (χ3v) is 1.77. The van der Waals surface area contributed by atoms with Gasteiger partial charge in [-0.25, -0.2) is 0 Å². The third-order valence-electron chi connectivity index (χ3n) is 1.77. The Morgan fingerprint density at radius 1 is 1.55 bits per heavy atom. The first-order valence-corrected chi connectivity index (χ1v) is 3.72. The summed E-state index contributed by atoms with van der Waals surface area (Å²) in [5.41, 5.74) is 3.03. The molecule has 0 aliphatic rings. The fourth-order valence-corrected chi connectivity index (χ4v) is 1.08. The van der Waals surface area contributed by atoms with E-state index in [-0.39, 0.29) is 0 Å². The molecule has 0 unspecified atom stereocenters. The van der Waals surface area contributed by atoms with E-state index >= 15 is 0 Å². The summed E-state index contributed by atoms with van der Waals surface area (Å²) in [6.07, 6.45) is 4.55. The van der Waals surface area contributed by atoms with Gasteiger partial charge >= 0.3 is 0 Å². The molecule has 2 nitrogen and oxygen atoms in total. The predicted octanol–water partition coefficient (Wildman–Crippen LogP) is 2.39. The first kappa shape index (κ1) is 6.40. The first-order valence-electron chi connectivity index (χ1n) is 3.72. The van der Waals surface area contributed by atoms with Crippen molar-refractivity contribution < 1.29 is 4.42 Å². The molecule has 0 aromatic carbocycles. The zero-order valence-electron chi connectivity index (χ0n) is 6.37. The van der Waals surface area contributed by atoms with Crippen LogP contribution < -0.4 is 0 Å². The minimum absolute atomic E-state index is 0.879. The number of pyridine rings is 1. The van der Waals surface area contributed by atoms with Crippen LogP contribution >= 0.6 is 0 Å². The van der Waals surface area contributed by atoms with Crippen LogP contribution in [0.4, 0.5) is 0 Å². The lowest BCUT2D eigenvalue weighted by Crippen LogP contribution is -1.80. The number of hydrogen-bond acceptors (Lipinski definition) is 2. The molecule has 0 radical (unpaired) electrons. The molecule has 2 aromatic rings. The highest BCUT2D eigenvalue weighted by Gasteiger charge is 1.97. The van der Waals surface area contributed by atoms with Crippen molar-refractivity contribution in [2.24, 2.45) is 0 Å². The third kappa shape index (κ3) is 1.00. The van der Waals surface area contributed by atoms with Crippen LogP contribution in [0.1, 0.15) is 12.5 Å². The molecule has 0 aliphatic heterocycles. The molecule has 2 heterocycles. The van der Waals surface area contributed by atoms with Crippen LogP contribution in [0, 0.1) is 0 Å². The van der Waals surface area contributed by atoms with Gasteiger partial charge in [-0.1, -0.05) is 6.92 Å². The van der Waals surface area contributed by atoms with Crippen molar-refractivity contribution in [2.75, 3.05) is 0 Å². The van der Waals surface area contributed by atoms with E-state index in [0.29, 0.717) is 0 Å². The van der Waals surface area contributed by atoms with Crippen molar-refractivity contribution in [1.82, 2.24) is 4.98 Å². The van der Waals surface area contributed by atoms with Gasteiger partial charge in [-0.3, -0.25) is 4.98 Å². The fraction of sp³-hybridized carbons (Fsp3) is 0.222. The van der Waals surface area contributed by atoms with E-state index in [1.165, 1.54) is 5.56 Å². The molecule has 2 heteroatoms. The fourth-order valence-electron chi connectivity index (χ4n) is 1.08. The van der Waals surface area contributed by atoms with Gasteiger partial charge in [0.25, 0.3) is 0 Å². The average molecular weight is 147 g/mol. The van der Waals surface area contributed by atoms with E-state index in [4.69, 9.17) is 4.42 Å². The van der Waals surface area contributed by atoms with Gasteiger partial charge in [-0.2, -0.15) is 0 Å². The smallest absolute Gasteiger partial charge is 0.152 e. The zero-order valence-corrected chi connectivity index (χ0v) is 6.37. The number of furan rings is 1. The summed E-state index contributed by atoms with van der Waals surface area (Å²) in [6.45, 7) is 2.10. The van der Waals surface area contributed by atoms with Gasteiger partial charge < -0.3 is 4.42 Å². The van der Waals surface area contributed by atoms with Crippen LogP contribution in [0.5, 0.6) is 0 Å². The monoisotopic (exact) mass is 147 g/mol. The highest BCUT2D eigenvalue weighted by molar-refractivity contribution is 5.72. The Hall–Kier alpha value is -1.31. The van der Waals surface area contributed by atoms with Crippen molar-refractivity contribution in [3.05, 3.63) is 30.2 Å². The molecular formula is C9H9NO. The minimum Gasteiger partial charge on any atom is -0.463 e. The number of aromatic nitrogens is 1. The zero-order chi connectivity index (χ0) is 7.68. The van der Waals surface area contributed by atoms with E-state index in [9.17, 15) is 0 Å². The molecule has 0 N–H and O–H groups in total. The van der Waals surface area contributed by atoms with Gasteiger partial charge in [0.15, 0.2) is 5.58 Å². The summed E-state index contributed by atoms with van der Waals surface area (Å²) < 4.78 is 5.20. The Bertz CT molecular complexity index is 364. The number of fused-ring (bicyclic) bond motifs is 1. The quantitative estimate of drug-likeness (QED) is 0.619. The first-order chi connectivity index (χ1) is 5.40. The van der Waals surface area contributed by atoms with Crippen LogP contribution in [-0.2, 0) is 6.42 Å². The average Bonchev–Trinajstić information content (AvgIpc) is 2.50. The van der Waals surface area contributed by atoms with Gasteiger partial charge in [-0.15, -0.1) is 0 Å². The maximum absolute atomic E-state index is 5.20. The minimum atomic E-state index is 0.879. The number of rotatable bonds is 1. The molecule has 56 valence electrons. The Morgan fingerprint density at radius 2 is 2.45 bits per heavy atom. The van der Waals surface area contributed by atoms with E-state index < -0.39 is 0 Å². The summed E-state index contributed by atoms with van der Waals surface area (Å²) in [4.78, 5) is 4.22. The highest BCUT2D eigenvalue weighted by atomic mass is 16.3. The van der Waals surface area contributed by atoms with E-state index in [0.717, 1.165) is 17.5 Å². The van der Waals surface area contributed by atoms with Crippen molar-refractivity contribution in [3.8, 4) is 0 Å². The molecule has 0 aliphatic carbocycles. The van der Waals surface area contributed by atoms with Crippen molar-refractivity contribution in [3.63, 3.8) is 0 Å². The Labute approximate surface area is 64.9 Å². The second kappa shape index (κ2) is 2.38. The Morgan fingerprint density at radius 3 is 3.27 bits per heavy atom. The molecule has 0 atom stereocenters. The van der Waals surface area contributed by atoms with Crippen molar-refractivity contribution in [1.29, 1.82) is 0 Å². The molecule has 0 saturated heterocycles. The molecule has 0 fully saturated rings. The Kier molecular flexibility index (Phi) is 1.39. The number of aryl methyl sites for hydroxylation is 1. The molecular weight excluding hydrogens is 138 g/mol. The van der Waals surface area contributed by atoms with Gasteiger partial charge in [0, 0.05) is 12.3 Å². The molecule has 11 heavy (non-hydrogen) atoms. The van der Waals surface area contributed by atoms with Crippen LogP contribution in [0.15, 0.2) is 29.0 Å². The molecule has 2 aromatic heterocycles. The van der Waals surface area contributed by atoms with Gasteiger partial charge in [0.2, 0.25) is 0 Å². The summed E-state index contributed by atoms with van der Waals surface area (Å²) in [7, 11) is 0. The number of hydrogen-bond donors (Lipinski definition) is 0. The maximum Gasteiger partial charge on any atom is 0.152 e. The standard InChI is InChI=1S/C9H9NO/c1-2-7-5-9-8(10-6-7)3-4-11-9/h3-6H,2H2,1H3. The molecule has 2 rings (SSSR count). The van der Waals surface area contributed by atoms with E-state index in [1.54, 1.807) is 6.26 Å². The summed E-state index contributed by atoms with van der Waals surface area (Å²) in [5, 5.41) is 0. The molecule has 0 spiro atoms. The van der Waals surface area contributed by atoms with Crippen LogP contribution in [0.2, 0.25) is 0 Å². The Balaban J connectivity index is 2.67.